The number of carbonyl (C=O) groups is 1. The second-order valence-corrected chi connectivity index (χ2v) is 6.63. The van der Waals surface area contributed by atoms with Gasteiger partial charge >= 0.3 is 0 Å². The average molecular weight is 335 g/mol. The van der Waals surface area contributed by atoms with Gasteiger partial charge in [-0.05, 0) is 56.9 Å². The third-order valence-corrected chi connectivity index (χ3v) is 4.36. The molecule has 0 aliphatic rings. The minimum absolute atomic E-state index is 0.0953. The van der Waals surface area contributed by atoms with E-state index in [1.807, 2.05) is 32.9 Å². The average Bonchev–Trinajstić information content (AvgIpc) is 2.54. The van der Waals surface area contributed by atoms with Crippen LogP contribution in [0.4, 0.5) is 5.69 Å². The van der Waals surface area contributed by atoms with E-state index in [9.17, 15) is 4.79 Å². The molecule has 0 aromatic heterocycles. The first-order valence-corrected chi connectivity index (χ1v) is 8.98. The molecule has 1 N–H and O–H groups in total. The summed E-state index contributed by atoms with van der Waals surface area (Å²) in [6.45, 7) is 10.8. The number of benzene rings is 1. The molecule has 0 spiro atoms. The summed E-state index contributed by atoms with van der Waals surface area (Å²) in [5, 5.41) is 3.01. The van der Waals surface area contributed by atoms with Gasteiger partial charge in [-0.15, -0.1) is 0 Å². The lowest BCUT2D eigenvalue weighted by Gasteiger charge is -2.27. The number of aryl methyl sites for hydroxylation is 2. The molecule has 4 nitrogen and oxygen atoms in total. The number of unbranched alkanes of at least 4 members (excludes halogenated alkanes) is 2. The van der Waals surface area contributed by atoms with E-state index in [-0.39, 0.29) is 5.91 Å². The standard InChI is InChI=1S/C20H33NO3/c1-7-9-10-11-20(5,23-6)19(22)21-17-13-15(3)18(16(4)14-17)24-12-8-2/h13-14H,7-12H2,1-6H3,(H,21,22)/t20-/m0/s1. The van der Waals surface area contributed by atoms with Crippen LogP contribution in [-0.2, 0) is 9.53 Å². The molecule has 0 bridgehead atoms. The Kier molecular flexibility index (Phi) is 8.26. The quantitative estimate of drug-likeness (QED) is 0.611. The number of carbonyl (C=O) groups excluding carboxylic acids is 1. The van der Waals surface area contributed by atoms with E-state index in [4.69, 9.17) is 9.47 Å². The first-order valence-electron chi connectivity index (χ1n) is 8.98. The maximum absolute atomic E-state index is 12.7. The van der Waals surface area contributed by atoms with Crippen molar-refractivity contribution >= 4 is 11.6 Å². The first kappa shape index (κ1) is 20.5. The minimum Gasteiger partial charge on any atom is -0.493 e. The fourth-order valence-electron chi connectivity index (χ4n) is 2.74. The minimum atomic E-state index is -0.797. The van der Waals surface area contributed by atoms with E-state index < -0.39 is 5.60 Å². The number of rotatable bonds is 10. The number of anilines is 1. The third kappa shape index (κ3) is 5.52. The van der Waals surface area contributed by atoms with Gasteiger partial charge in [0, 0.05) is 12.8 Å². The molecule has 1 amide bonds. The molecule has 1 aromatic carbocycles. The summed E-state index contributed by atoms with van der Waals surface area (Å²) in [5.74, 6) is 0.814. The predicted molar refractivity (Wildman–Crippen MR) is 99.9 cm³/mol. The number of amides is 1. The molecule has 0 saturated heterocycles. The molecule has 0 radical (unpaired) electrons. The van der Waals surface area contributed by atoms with E-state index in [0.29, 0.717) is 6.61 Å². The predicted octanol–water partition coefficient (Wildman–Crippen LogP) is 5.02. The van der Waals surface area contributed by atoms with Crippen molar-refractivity contribution in [1.82, 2.24) is 0 Å². The van der Waals surface area contributed by atoms with Crippen molar-refractivity contribution in [1.29, 1.82) is 0 Å². The number of hydrogen-bond acceptors (Lipinski definition) is 3. The normalized spacial score (nSPS) is 13.4. The zero-order valence-electron chi connectivity index (χ0n) is 16.1. The maximum Gasteiger partial charge on any atom is 0.256 e. The molecule has 0 unspecified atom stereocenters. The van der Waals surface area contributed by atoms with E-state index in [0.717, 1.165) is 54.7 Å². The summed E-state index contributed by atoms with van der Waals surface area (Å²) in [7, 11) is 1.60. The van der Waals surface area contributed by atoms with Gasteiger partial charge in [0.25, 0.3) is 5.91 Å². The van der Waals surface area contributed by atoms with Gasteiger partial charge in [0.2, 0.25) is 0 Å². The molecule has 0 aliphatic heterocycles. The Labute approximate surface area is 146 Å². The Morgan fingerprint density at radius 1 is 1.12 bits per heavy atom. The van der Waals surface area contributed by atoms with Gasteiger partial charge in [0.1, 0.15) is 11.4 Å². The largest absolute Gasteiger partial charge is 0.493 e. The number of hydrogen-bond donors (Lipinski definition) is 1. The molecule has 4 heteroatoms. The van der Waals surface area contributed by atoms with E-state index in [2.05, 4.69) is 19.2 Å². The summed E-state index contributed by atoms with van der Waals surface area (Å²) in [5.41, 5.74) is 2.05. The van der Waals surface area contributed by atoms with Crippen molar-refractivity contribution in [2.24, 2.45) is 0 Å². The Balaban J connectivity index is 2.85. The molecular weight excluding hydrogens is 302 g/mol. The molecule has 136 valence electrons. The molecule has 1 rings (SSSR count). The molecule has 0 fully saturated rings. The molecule has 0 heterocycles. The van der Waals surface area contributed by atoms with Crippen molar-refractivity contribution < 1.29 is 14.3 Å². The molecule has 0 aliphatic carbocycles. The van der Waals surface area contributed by atoms with Crippen LogP contribution in [0, 0.1) is 13.8 Å². The second kappa shape index (κ2) is 9.67. The third-order valence-electron chi connectivity index (χ3n) is 4.36. The monoisotopic (exact) mass is 335 g/mol. The maximum atomic E-state index is 12.7. The summed E-state index contributed by atoms with van der Waals surface area (Å²) < 4.78 is 11.3. The summed E-state index contributed by atoms with van der Waals surface area (Å²) >= 11 is 0. The smallest absolute Gasteiger partial charge is 0.256 e. The summed E-state index contributed by atoms with van der Waals surface area (Å²) in [6, 6.07) is 3.91. The Hall–Kier alpha value is -1.55. The van der Waals surface area contributed by atoms with Gasteiger partial charge in [-0.3, -0.25) is 4.79 Å². The van der Waals surface area contributed by atoms with Crippen molar-refractivity contribution in [2.75, 3.05) is 19.0 Å². The highest BCUT2D eigenvalue weighted by atomic mass is 16.5. The zero-order valence-corrected chi connectivity index (χ0v) is 16.1. The summed E-state index contributed by atoms with van der Waals surface area (Å²) in [4.78, 5) is 12.7. The van der Waals surface area contributed by atoms with Crippen LogP contribution in [0.15, 0.2) is 12.1 Å². The van der Waals surface area contributed by atoms with Gasteiger partial charge in [-0.25, -0.2) is 0 Å². The van der Waals surface area contributed by atoms with Crippen LogP contribution in [0.25, 0.3) is 0 Å². The highest BCUT2D eigenvalue weighted by Gasteiger charge is 2.32. The van der Waals surface area contributed by atoms with E-state index in [1.54, 1.807) is 7.11 Å². The van der Waals surface area contributed by atoms with Crippen molar-refractivity contribution in [2.45, 2.75) is 72.3 Å². The van der Waals surface area contributed by atoms with Crippen LogP contribution in [0.5, 0.6) is 5.75 Å². The molecule has 24 heavy (non-hydrogen) atoms. The van der Waals surface area contributed by atoms with E-state index >= 15 is 0 Å². The van der Waals surface area contributed by atoms with Gasteiger partial charge in [0.15, 0.2) is 0 Å². The van der Waals surface area contributed by atoms with E-state index in [1.165, 1.54) is 0 Å². The number of nitrogens with one attached hydrogen (secondary N) is 1. The topological polar surface area (TPSA) is 47.6 Å². The van der Waals surface area contributed by atoms with Crippen molar-refractivity contribution in [3.63, 3.8) is 0 Å². The lowest BCUT2D eigenvalue weighted by molar-refractivity contribution is -0.136. The van der Waals surface area contributed by atoms with Gasteiger partial charge < -0.3 is 14.8 Å². The number of ether oxygens (including phenoxy) is 2. The summed E-state index contributed by atoms with van der Waals surface area (Å²) in [6.07, 6.45) is 4.91. The Bertz CT molecular complexity index is 519. The van der Waals surface area contributed by atoms with Crippen molar-refractivity contribution in [3.8, 4) is 5.75 Å². The molecule has 1 atom stereocenters. The fourth-order valence-corrected chi connectivity index (χ4v) is 2.74. The Morgan fingerprint density at radius 2 is 1.75 bits per heavy atom. The Morgan fingerprint density at radius 3 is 2.25 bits per heavy atom. The van der Waals surface area contributed by atoms with Crippen LogP contribution in [0.2, 0.25) is 0 Å². The SMILES string of the molecule is CCCCC[C@](C)(OC)C(=O)Nc1cc(C)c(OCCC)c(C)c1. The van der Waals surface area contributed by atoms with Crippen LogP contribution >= 0.6 is 0 Å². The highest BCUT2D eigenvalue weighted by Crippen LogP contribution is 2.28. The van der Waals surface area contributed by atoms with Crippen LogP contribution in [0.1, 0.15) is 64.0 Å². The fraction of sp³-hybridized carbons (Fsp3) is 0.650. The molecule has 0 saturated carbocycles. The zero-order chi connectivity index (χ0) is 18.2. The lowest BCUT2D eigenvalue weighted by atomic mass is 9.96. The number of methoxy groups -OCH3 is 1. The van der Waals surface area contributed by atoms with Crippen LogP contribution in [0.3, 0.4) is 0 Å². The van der Waals surface area contributed by atoms with Crippen LogP contribution in [-0.4, -0.2) is 25.2 Å². The van der Waals surface area contributed by atoms with Crippen LogP contribution < -0.4 is 10.1 Å². The lowest BCUT2D eigenvalue weighted by Crippen LogP contribution is -2.42. The van der Waals surface area contributed by atoms with Crippen molar-refractivity contribution in [3.05, 3.63) is 23.3 Å². The first-order chi connectivity index (χ1) is 11.4. The molecular formula is C20H33NO3. The second-order valence-electron chi connectivity index (χ2n) is 6.63. The van der Waals surface area contributed by atoms with Gasteiger partial charge in [-0.1, -0.05) is 33.1 Å². The highest BCUT2D eigenvalue weighted by molar-refractivity contribution is 5.97. The van der Waals surface area contributed by atoms with Gasteiger partial charge in [0.05, 0.1) is 6.61 Å². The van der Waals surface area contributed by atoms with Gasteiger partial charge in [-0.2, -0.15) is 0 Å². The molecule has 1 aromatic rings.